The van der Waals surface area contributed by atoms with E-state index in [1.165, 1.54) is 4.90 Å². The molecule has 2 amide bonds. The number of aryl methyl sites for hydroxylation is 2. The van der Waals surface area contributed by atoms with Gasteiger partial charge in [0.15, 0.2) is 5.11 Å². The van der Waals surface area contributed by atoms with E-state index in [4.69, 9.17) is 12.2 Å². The van der Waals surface area contributed by atoms with E-state index in [0.29, 0.717) is 5.69 Å². The van der Waals surface area contributed by atoms with E-state index in [-0.39, 0.29) is 10.7 Å². The minimum absolute atomic E-state index is 0.0376. The van der Waals surface area contributed by atoms with Crippen molar-refractivity contribution in [1.82, 2.24) is 14.9 Å². The third kappa shape index (κ3) is 3.44. The molecule has 1 fully saturated rings. The maximum atomic E-state index is 13.2. The fourth-order valence-corrected chi connectivity index (χ4v) is 3.84. The Morgan fingerprint density at radius 2 is 1.77 bits per heavy atom. The van der Waals surface area contributed by atoms with Gasteiger partial charge in [0, 0.05) is 17.6 Å². The number of hydrogen-bond acceptors (Lipinski definition) is 4. The molecule has 1 N–H and O–H groups in total. The smallest absolute Gasteiger partial charge is 0.270 e. The van der Waals surface area contributed by atoms with Crippen molar-refractivity contribution in [3.63, 3.8) is 0 Å². The Morgan fingerprint density at radius 1 is 1.03 bits per heavy atom. The van der Waals surface area contributed by atoms with Gasteiger partial charge in [-0.15, -0.1) is 0 Å². The molecule has 0 atom stereocenters. The predicted molar refractivity (Wildman–Crippen MR) is 120 cm³/mol. The largest absolute Gasteiger partial charge is 0.316 e. The van der Waals surface area contributed by atoms with E-state index in [2.05, 4.69) is 10.3 Å². The number of thiocarbonyl (C=S) groups is 1. The highest BCUT2D eigenvalue weighted by Crippen LogP contribution is 2.26. The summed E-state index contributed by atoms with van der Waals surface area (Å²) in [5.74, 6) is -0.946. The van der Waals surface area contributed by atoms with Crippen LogP contribution in [0.3, 0.4) is 0 Å². The van der Waals surface area contributed by atoms with E-state index in [1.54, 1.807) is 18.5 Å². The summed E-state index contributed by atoms with van der Waals surface area (Å²) in [6, 6.07) is 13.2. The fraction of sp³-hybridized carbons (Fsp3) is 0.130. The number of benzene rings is 1. The maximum Gasteiger partial charge on any atom is 0.270 e. The molecule has 30 heavy (non-hydrogen) atoms. The number of aromatic nitrogens is 2. The van der Waals surface area contributed by atoms with E-state index < -0.39 is 11.8 Å². The van der Waals surface area contributed by atoms with Crippen LogP contribution in [-0.4, -0.2) is 26.5 Å². The van der Waals surface area contributed by atoms with Crippen molar-refractivity contribution in [3.05, 3.63) is 82.9 Å². The third-order valence-corrected chi connectivity index (χ3v) is 5.35. The minimum Gasteiger partial charge on any atom is -0.316 e. The molecular formula is C23H20N4O2S. The Bertz CT molecular complexity index is 1190. The number of nitrogens with zero attached hydrogens (tertiary/aromatic N) is 3. The standard InChI is InChI=1S/C23H20N4O2S/c1-14-6-8-18(9-7-14)27-22(29)20(21(28)25-23(27)30)12-17-11-15(2)26(16(17)3)19-5-4-10-24-13-19/h4-13H,1-3H3,(H,25,28,30)/b20-12+. The number of hydrogen-bond donors (Lipinski definition) is 1. The van der Waals surface area contributed by atoms with Gasteiger partial charge in [0.1, 0.15) is 5.57 Å². The summed E-state index contributed by atoms with van der Waals surface area (Å²) in [6.45, 7) is 5.88. The van der Waals surface area contributed by atoms with Crippen LogP contribution in [-0.2, 0) is 9.59 Å². The van der Waals surface area contributed by atoms with Crippen LogP contribution in [0, 0.1) is 20.8 Å². The Kier molecular flexibility index (Phi) is 5.05. The Morgan fingerprint density at radius 3 is 2.43 bits per heavy atom. The van der Waals surface area contributed by atoms with Crippen LogP contribution < -0.4 is 10.2 Å². The highest BCUT2D eigenvalue weighted by molar-refractivity contribution is 7.80. The molecule has 0 spiro atoms. The molecule has 0 unspecified atom stereocenters. The number of carbonyl (C=O) groups excluding carboxylic acids is 2. The summed E-state index contributed by atoms with van der Waals surface area (Å²) in [5.41, 5.74) is 5.30. The van der Waals surface area contributed by atoms with Crippen molar-refractivity contribution < 1.29 is 9.59 Å². The molecular weight excluding hydrogens is 396 g/mol. The van der Waals surface area contributed by atoms with Crippen molar-refractivity contribution >= 4 is 40.9 Å². The average molecular weight is 417 g/mol. The van der Waals surface area contributed by atoms with Crippen LogP contribution in [0.4, 0.5) is 5.69 Å². The zero-order valence-electron chi connectivity index (χ0n) is 16.8. The van der Waals surface area contributed by atoms with Gasteiger partial charge in [-0.1, -0.05) is 17.7 Å². The maximum absolute atomic E-state index is 13.2. The molecule has 1 aliphatic heterocycles. The monoisotopic (exact) mass is 416 g/mol. The van der Waals surface area contributed by atoms with Crippen LogP contribution in [0.5, 0.6) is 0 Å². The van der Waals surface area contributed by atoms with Gasteiger partial charge in [-0.25, -0.2) is 0 Å². The van der Waals surface area contributed by atoms with Crippen LogP contribution >= 0.6 is 12.2 Å². The second-order valence-corrected chi connectivity index (χ2v) is 7.55. The first-order chi connectivity index (χ1) is 14.4. The third-order valence-electron chi connectivity index (χ3n) is 5.07. The molecule has 6 nitrogen and oxygen atoms in total. The molecule has 3 aromatic rings. The van der Waals surface area contributed by atoms with Crippen molar-refractivity contribution in [2.24, 2.45) is 0 Å². The SMILES string of the molecule is Cc1ccc(N2C(=O)/C(=C/c3cc(C)n(-c4cccnc4)c3C)C(=O)NC2=S)cc1. The number of anilines is 1. The summed E-state index contributed by atoms with van der Waals surface area (Å²) in [7, 11) is 0. The van der Waals surface area contributed by atoms with Gasteiger partial charge in [0.25, 0.3) is 11.8 Å². The summed E-state index contributed by atoms with van der Waals surface area (Å²) in [4.78, 5) is 31.3. The zero-order chi connectivity index (χ0) is 21.4. The highest BCUT2D eigenvalue weighted by Gasteiger charge is 2.34. The van der Waals surface area contributed by atoms with Gasteiger partial charge >= 0.3 is 0 Å². The van der Waals surface area contributed by atoms with Gasteiger partial charge < -0.3 is 4.57 Å². The number of rotatable bonds is 3. The lowest BCUT2D eigenvalue weighted by molar-refractivity contribution is -0.122. The van der Waals surface area contributed by atoms with Crippen LogP contribution in [0.1, 0.15) is 22.5 Å². The normalized spacial score (nSPS) is 15.6. The minimum atomic E-state index is -0.500. The highest BCUT2D eigenvalue weighted by atomic mass is 32.1. The van der Waals surface area contributed by atoms with Gasteiger partial charge in [0.05, 0.1) is 17.6 Å². The lowest BCUT2D eigenvalue weighted by atomic mass is 10.1. The fourth-order valence-electron chi connectivity index (χ4n) is 3.56. The molecule has 1 aromatic carbocycles. The number of carbonyl (C=O) groups is 2. The molecule has 4 rings (SSSR count). The van der Waals surface area contributed by atoms with Gasteiger partial charge in [0.2, 0.25) is 0 Å². The summed E-state index contributed by atoms with van der Waals surface area (Å²) in [6.07, 6.45) is 5.11. The van der Waals surface area contributed by atoms with Crippen LogP contribution in [0.15, 0.2) is 60.4 Å². The first-order valence-electron chi connectivity index (χ1n) is 9.44. The van der Waals surface area contributed by atoms with Crippen molar-refractivity contribution in [2.45, 2.75) is 20.8 Å². The predicted octanol–water partition coefficient (Wildman–Crippen LogP) is 3.63. The molecule has 0 saturated carbocycles. The molecule has 150 valence electrons. The molecule has 2 aromatic heterocycles. The topological polar surface area (TPSA) is 67.2 Å². The van der Waals surface area contributed by atoms with E-state index in [9.17, 15) is 9.59 Å². The Balaban J connectivity index is 1.76. The van der Waals surface area contributed by atoms with Gasteiger partial charge in [-0.3, -0.25) is 24.8 Å². The molecule has 7 heteroatoms. The number of nitrogens with one attached hydrogen (secondary N) is 1. The van der Waals surface area contributed by atoms with Gasteiger partial charge in [-0.2, -0.15) is 0 Å². The molecule has 3 heterocycles. The van der Waals surface area contributed by atoms with Crippen molar-refractivity contribution in [3.8, 4) is 5.69 Å². The first-order valence-corrected chi connectivity index (χ1v) is 9.85. The van der Waals surface area contributed by atoms with Crippen molar-refractivity contribution in [1.29, 1.82) is 0 Å². The van der Waals surface area contributed by atoms with E-state index in [1.807, 2.05) is 67.8 Å². The van der Waals surface area contributed by atoms with E-state index in [0.717, 1.165) is 28.2 Å². The van der Waals surface area contributed by atoms with Crippen LogP contribution in [0.25, 0.3) is 11.8 Å². The second-order valence-electron chi connectivity index (χ2n) is 7.17. The number of pyridine rings is 1. The summed E-state index contributed by atoms with van der Waals surface area (Å²) >= 11 is 5.26. The Labute approximate surface area is 179 Å². The van der Waals surface area contributed by atoms with E-state index >= 15 is 0 Å². The Hall–Kier alpha value is -3.58. The zero-order valence-corrected chi connectivity index (χ0v) is 17.7. The quantitative estimate of drug-likeness (QED) is 0.402. The molecule has 0 bridgehead atoms. The summed E-state index contributed by atoms with van der Waals surface area (Å²) in [5, 5.41) is 2.70. The molecule has 0 aliphatic carbocycles. The molecule has 0 radical (unpaired) electrons. The molecule has 1 aliphatic rings. The second kappa shape index (κ2) is 7.68. The van der Waals surface area contributed by atoms with Crippen LogP contribution in [0.2, 0.25) is 0 Å². The average Bonchev–Trinajstić information content (AvgIpc) is 3.00. The lowest BCUT2D eigenvalue weighted by Crippen LogP contribution is -2.54. The lowest BCUT2D eigenvalue weighted by Gasteiger charge is -2.29. The summed E-state index contributed by atoms with van der Waals surface area (Å²) < 4.78 is 2.03. The molecule has 1 saturated heterocycles. The van der Waals surface area contributed by atoms with Gasteiger partial charge in [-0.05, 0) is 75.0 Å². The van der Waals surface area contributed by atoms with Crippen molar-refractivity contribution in [2.75, 3.05) is 4.90 Å². The first kappa shape index (κ1) is 19.7. The number of amides is 2.